The molecule has 152 valence electrons. The molecule has 6 nitrogen and oxygen atoms in total. The summed E-state index contributed by atoms with van der Waals surface area (Å²) in [6.45, 7) is 4.08. The van der Waals surface area contributed by atoms with Crippen molar-refractivity contribution in [2.45, 2.75) is 26.8 Å². The van der Waals surface area contributed by atoms with Gasteiger partial charge in [-0.2, -0.15) is 0 Å². The number of likely N-dealkylation sites (tertiary alicyclic amines) is 1. The zero-order valence-corrected chi connectivity index (χ0v) is 17.2. The fourth-order valence-electron chi connectivity index (χ4n) is 3.41. The van der Waals surface area contributed by atoms with Crippen LogP contribution >= 0.6 is 11.6 Å². The third-order valence-corrected chi connectivity index (χ3v) is 5.09. The summed E-state index contributed by atoms with van der Waals surface area (Å²) in [6.07, 6.45) is 0.0714. The maximum Gasteiger partial charge on any atom is 0.311 e. The van der Waals surface area contributed by atoms with Gasteiger partial charge in [-0.15, -0.1) is 0 Å². The molecule has 0 spiro atoms. The average molecular weight is 415 g/mol. The van der Waals surface area contributed by atoms with Crippen LogP contribution in [0, 0.1) is 19.8 Å². The SMILES string of the molecule is Cc1cc(C)cc(NC(=O)COC(=O)[C@H]2CC(=O)N(Cc3ccccc3Cl)C2)c1. The van der Waals surface area contributed by atoms with Crippen molar-refractivity contribution in [3.63, 3.8) is 0 Å². The average Bonchev–Trinajstić information content (AvgIpc) is 3.01. The summed E-state index contributed by atoms with van der Waals surface area (Å²) in [5.41, 5.74) is 3.54. The minimum absolute atomic E-state index is 0.0714. The van der Waals surface area contributed by atoms with E-state index in [1.54, 1.807) is 11.0 Å². The molecule has 1 aliphatic heterocycles. The molecule has 0 unspecified atom stereocenters. The molecule has 1 atom stereocenters. The molecular weight excluding hydrogens is 392 g/mol. The summed E-state index contributed by atoms with van der Waals surface area (Å²) in [5, 5.41) is 3.30. The predicted molar refractivity (Wildman–Crippen MR) is 110 cm³/mol. The van der Waals surface area contributed by atoms with Gasteiger partial charge in [0, 0.05) is 30.2 Å². The third-order valence-electron chi connectivity index (χ3n) is 4.72. The Morgan fingerprint density at radius 3 is 2.55 bits per heavy atom. The van der Waals surface area contributed by atoms with Gasteiger partial charge in [0.05, 0.1) is 5.92 Å². The first-order valence-corrected chi connectivity index (χ1v) is 9.75. The first kappa shape index (κ1) is 20.9. The van der Waals surface area contributed by atoms with Crippen LogP contribution in [0.5, 0.6) is 0 Å². The lowest BCUT2D eigenvalue weighted by Gasteiger charge is -2.17. The van der Waals surface area contributed by atoms with Gasteiger partial charge in [-0.25, -0.2) is 0 Å². The van der Waals surface area contributed by atoms with E-state index in [4.69, 9.17) is 16.3 Å². The number of ether oxygens (including phenoxy) is 1. The Balaban J connectivity index is 1.50. The zero-order valence-electron chi connectivity index (χ0n) is 16.4. The molecule has 1 fully saturated rings. The summed E-state index contributed by atoms with van der Waals surface area (Å²) in [4.78, 5) is 38.2. The predicted octanol–water partition coefficient (Wildman–Crippen LogP) is 3.49. The molecule has 2 amide bonds. The number of anilines is 1. The Morgan fingerprint density at radius 1 is 1.17 bits per heavy atom. The summed E-state index contributed by atoms with van der Waals surface area (Å²) in [5.74, 6) is -1.68. The number of hydrogen-bond acceptors (Lipinski definition) is 4. The number of hydrogen-bond donors (Lipinski definition) is 1. The summed E-state index contributed by atoms with van der Waals surface area (Å²) in [7, 11) is 0. The number of amides is 2. The molecular formula is C22H23ClN2O4. The van der Waals surface area contributed by atoms with Crippen LogP contribution < -0.4 is 5.32 Å². The number of nitrogens with one attached hydrogen (secondary N) is 1. The highest BCUT2D eigenvalue weighted by Crippen LogP contribution is 2.24. The molecule has 0 saturated carbocycles. The number of esters is 1. The van der Waals surface area contributed by atoms with Gasteiger partial charge in [0.1, 0.15) is 0 Å². The van der Waals surface area contributed by atoms with Gasteiger partial charge < -0.3 is 15.0 Å². The third kappa shape index (κ3) is 5.57. The molecule has 0 aromatic heterocycles. The Bertz CT molecular complexity index is 924. The fraction of sp³-hybridized carbons (Fsp3) is 0.318. The lowest BCUT2D eigenvalue weighted by atomic mass is 10.1. The molecule has 1 aliphatic rings. The minimum Gasteiger partial charge on any atom is -0.455 e. The number of halogens is 1. The molecule has 0 radical (unpaired) electrons. The van der Waals surface area contributed by atoms with Crippen LogP contribution in [0.4, 0.5) is 5.69 Å². The lowest BCUT2D eigenvalue weighted by Crippen LogP contribution is -2.28. The van der Waals surface area contributed by atoms with E-state index in [-0.39, 0.29) is 25.5 Å². The normalized spacial score (nSPS) is 16.0. The van der Waals surface area contributed by atoms with Gasteiger partial charge in [-0.05, 0) is 48.7 Å². The van der Waals surface area contributed by atoms with Crippen LogP contribution in [-0.4, -0.2) is 35.8 Å². The first-order chi connectivity index (χ1) is 13.8. The Hall–Kier alpha value is -2.86. The molecule has 0 aliphatic carbocycles. The number of carbonyl (C=O) groups excluding carboxylic acids is 3. The van der Waals surface area contributed by atoms with Crippen molar-refractivity contribution in [3.8, 4) is 0 Å². The molecule has 0 bridgehead atoms. The zero-order chi connectivity index (χ0) is 21.0. The Morgan fingerprint density at radius 2 is 1.86 bits per heavy atom. The van der Waals surface area contributed by atoms with E-state index in [1.807, 2.05) is 50.2 Å². The number of benzene rings is 2. The van der Waals surface area contributed by atoms with Crippen molar-refractivity contribution in [3.05, 3.63) is 64.2 Å². The molecule has 2 aromatic carbocycles. The van der Waals surface area contributed by atoms with Crippen molar-refractivity contribution in [2.24, 2.45) is 5.92 Å². The highest BCUT2D eigenvalue weighted by atomic mass is 35.5. The van der Waals surface area contributed by atoms with E-state index < -0.39 is 17.8 Å². The Kier molecular flexibility index (Phi) is 6.54. The molecule has 1 heterocycles. The number of nitrogens with zero attached hydrogens (tertiary/aromatic N) is 1. The van der Waals surface area contributed by atoms with E-state index in [9.17, 15) is 14.4 Å². The molecule has 7 heteroatoms. The van der Waals surface area contributed by atoms with Crippen LogP contribution in [0.3, 0.4) is 0 Å². The van der Waals surface area contributed by atoms with Crippen molar-refractivity contribution in [1.82, 2.24) is 4.90 Å². The van der Waals surface area contributed by atoms with Crippen LogP contribution in [0.1, 0.15) is 23.1 Å². The van der Waals surface area contributed by atoms with Gasteiger partial charge in [0.15, 0.2) is 6.61 Å². The van der Waals surface area contributed by atoms with Crippen molar-refractivity contribution in [1.29, 1.82) is 0 Å². The van der Waals surface area contributed by atoms with Crippen LogP contribution in [0.25, 0.3) is 0 Å². The van der Waals surface area contributed by atoms with E-state index in [1.165, 1.54) is 0 Å². The van der Waals surface area contributed by atoms with Crippen LogP contribution in [-0.2, 0) is 25.7 Å². The maximum atomic E-state index is 12.3. The van der Waals surface area contributed by atoms with Gasteiger partial charge in [-0.3, -0.25) is 14.4 Å². The van der Waals surface area contributed by atoms with Crippen molar-refractivity contribution < 1.29 is 19.1 Å². The second-order valence-corrected chi connectivity index (χ2v) is 7.71. The van der Waals surface area contributed by atoms with Gasteiger partial charge in [0.2, 0.25) is 5.91 Å². The topological polar surface area (TPSA) is 75.7 Å². The summed E-state index contributed by atoms with van der Waals surface area (Å²) >= 11 is 6.15. The molecule has 1 N–H and O–H groups in total. The molecule has 29 heavy (non-hydrogen) atoms. The minimum atomic E-state index is -0.584. The second-order valence-electron chi connectivity index (χ2n) is 7.30. The van der Waals surface area contributed by atoms with E-state index in [0.717, 1.165) is 16.7 Å². The Labute approximate surface area is 174 Å². The maximum absolute atomic E-state index is 12.3. The molecule has 1 saturated heterocycles. The highest BCUT2D eigenvalue weighted by molar-refractivity contribution is 6.31. The summed E-state index contributed by atoms with van der Waals surface area (Å²) < 4.78 is 5.14. The first-order valence-electron chi connectivity index (χ1n) is 9.38. The van der Waals surface area contributed by atoms with Gasteiger partial charge in [0.25, 0.3) is 5.91 Å². The second kappa shape index (κ2) is 9.09. The smallest absolute Gasteiger partial charge is 0.311 e. The van der Waals surface area contributed by atoms with E-state index >= 15 is 0 Å². The monoisotopic (exact) mass is 414 g/mol. The van der Waals surface area contributed by atoms with Crippen molar-refractivity contribution >= 4 is 35.1 Å². The lowest BCUT2D eigenvalue weighted by molar-refractivity contribution is -0.151. The van der Waals surface area contributed by atoms with Crippen LogP contribution in [0.2, 0.25) is 5.02 Å². The quantitative estimate of drug-likeness (QED) is 0.734. The molecule has 2 aromatic rings. The van der Waals surface area contributed by atoms with Crippen molar-refractivity contribution in [2.75, 3.05) is 18.5 Å². The number of aryl methyl sites for hydroxylation is 2. The van der Waals surface area contributed by atoms with Crippen LogP contribution in [0.15, 0.2) is 42.5 Å². The number of carbonyl (C=O) groups is 3. The fourth-order valence-corrected chi connectivity index (χ4v) is 3.61. The molecule has 3 rings (SSSR count). The highest BCUT2D eigenvalue weighted by Gasteiger charge is 2.35. The largest absolute Gasteiger partial charge is 0.455 e. The van der Waals surface area contributed by atoms with E-state index in [0.29, 0.717) is 17.3 Å². The van der Waals surface area contributed by atoms with Gasteiger partial charge in [-0.1, -0.05) is 35.9 Å². The van der Waals surface area contributed by atoms with E-state index in [2.05, 4.69) is 5.32 Å². The summed E-state index contributed by atoms with van der Waals surface area (Å²) in [6, 6.07) is 13.0. The van der Waals surface area contributed by atoms with Gasteiger partial charge >= 0.3 is 5.97 Å². The number of rotatable bonds is 6. The standard InChI is InChI=1S/C22H23ClN2O4/c1-14-7-15(2)9-18(8-14)24-20(26)13-29-22(28)17-10-21(27)25(12-17)11-16-5-3-4-6-19(16)23/h3-9,17H,10-13H2,1-2H3,(H,24,26)/t17-/m0/s1.